The van der Waals surface area contributed by atoms with Crippen LogP contribution in [-0.4, -0.2) is 48.3 Å². The number of nitrogens with one attached hydrogen (secondary N) is 2. The van der Waals surface area contributed by atoms with E-state index in [9.17, 15) is 19.8 Å². The molecule has 0 aliphatic carbocycles. The monoisotopic (exact) mass is 428 g/mol. The van der Waals surface area contributed by atoms with Gasteiger partial charge in [-0.3, -0.25) is 9.59 Å². The van der Waals surface area contributed by atoms with Crippen molar-refractivity contribution in [2.75, 3.05) is 20.3 Å². The summed E-state index contributed by atoms with van der Waals surface area (Å²) >= 11 is 0. The van der Waals surface area contributed by atoms with Gasteiger partial charge in [0.1, 0.15) is 6.04 Å². The minimum Gasteiger partial charge on any atom is -0.504 e. The largest absolute Gasteiger partial charge is 0.504 e. The van der Waals surface area contributed by atoms with Gasteiger partial charge in [0.25, 0.3) is 0 Å². The van der Waals surface area contributed by atoms with Crippen molar-refractivity contribution in [3.05, 3.63) is 59.7 Å². The summed E-state index contributed by atoms with van der Waals surface area (Å²) in [5, 5.41) is 25.3. The molecule has 7 nitrogen and oxygen atoms in total. The summed E-state index contributed by atoms with van der Waals surface area (Å²) in [7, 11) is 1.48. The number of phenols is 1. The molecule has 7 heteroatoms. The Labute approximate surface area is 183 Å². The Hall–Kier alpha value is -3.06. The van der Waals surface area contributed by atoms with E-state index in [1.54, 1.807) is 12.1 Å². The summed E-state index contributed by atoms with van der Waals surface area (Å²) in [5.41, 5.74) is 1.70. The molecular formula is C24H32N2O5. The molecule has 31 heavy (non-hydrogen) atoms. The van der Waals surface area contributed by atoms with Crippen LogP contribution in [0.15, 0.2) is 48.5 Å². The molecule has 168 valence electrons. The number of benzene rings is 2. The van der Waals surface area contributed by atoms with E-state index in [0.29, 0.717) is 12.2 Å². The van der Waals surface area contributed by atoms with Crippen molar-refractivity contribution in [2.24, 2.45) is 11.8 Å². The topological polar surface area (TPSA) is 108 Å². The number of hydrogen-bond donors (Lipinski definition) is 4. The van der Waals surface area contributed by atoms with Crippen LogP contribution in [0.4, 0.5) is 0 Å². The molecular weight excluding hydrogens is 396 g/mol. The van der Waals surface area contributed by atoms with Crippen molar-refractivity contribution >= 4 is 11.8 Å². The van der Waals surface area contributed by atoms with E-state index in [0.717, 1.165) is 11.1 Å². The molecule has 2 atom stereocenters. The number of aliphatic hydroxyl groups is 1. The zero-order valence-electron chi connectivity index (χ0n) is 18.3. The van der Waals surface area contributed by atoms with E-state index in [1.807, 2.05) is 50.2 Å². The average Bonchev–Trinajstić information content (AvgIpc) is 2.75. The van der Waals surface area contributed by atoms with Crippen LogP contribution in [0.1, 0.15) is 25.0 Å². The summed E-state index contributed by atoms with van der Waals surface area (Å²) in [6.45, 7) is 3.87. The van der Waals surface area contributed by atoms with Crippen LogP contribution in [-0.2, 0) is 22.4 Å². The van der Waals surface area contributed by atoms with Gasteiger partial charge in [-0.25, -0.2) is 0 Å². The van der Waals surface area contributed by atoms with Gasteiger partial charge < -0.3 is 25.6 Å². The van der Waals surface area contributed by atoms with Gasteiger partial charge in [-0.05, 0) is 35.6 Å². The Bertz CT molecular complexity index is 854. The predicted octanol–water partition coefficient (Wildman–Crippen LogP) is 2.05. The summed E-state index contributed by atoms with van der Waals surface area (Å²) in [6, 6.07) is 13.7. The number of rotatable bonds is 11. The normalized spacial score (nSPS) is 12.8. The molecule has 4 N–H and O–H groups in total. The Kier molecular flexibility index (Phi) is 9.34. The number of ether oxygens (including phenoxy) is 1. The molecule has 0 heterocycles. The van der Waals surface area contributed by atoms with Crippen molar-refractivity contribution in [1.82, 2.24) is 10.6 Å². The molecule has 2 aromatic carbocycles. The first kappa shape index (κ1) is 24.2. The SMILES string of the molecule is COc1ccc(C[C@H](CO)CNC(=O)[C@H](NC(=O)Cc2ccccc2)C(C)C)cc1O. The third-order valence-corrected chi connectivity index (χ3v) is 5.06. The summed E-state index contributed by atoms with van der Waals surface area (Å²) in [4.78, 5) is 25.1. The van der Waals surface area contributed by atoms with Crippen LogP contribution < -0.4 is 15.4 Å². The molecule has 2 aromatic rings. The van der Waals surface area contributed by atoms with E-state index in [4.69, 9.17) is 4.74 Å². The molecule has 0 bridgehead atoms. The van der Waals surface area contributed by atoms with Crippen LogP contribution >= 0.6 is 0 Å². The number of hydrogen-bond acceptors (Lipinski definition) is 5. The quantitative estimate of drug-likeness (QED) is 0.438. The lowest BCUT2D eigenvalue weighted by Gasteiger charge is -2.23. The Morgan fingerprint density at radius 2 is 1.77 bits per heavy atom. The lowest BCUT2D eigenvalue weighted by atomic mass is 9.98. The summed E-state index contributed by atoms with van der Waals surface area (Å²) < 4.78 is 5.04. The number of methoxy groups -OCH3 is 1. The lowest BCUT2D eigenvalue weighted by Crippen LogP contribution is -2.51. The van der Waals surface area contributed by atoms with Gasteiger partial charge in [-0.15, -0.1) is 0 Å². The molecule has 0 radical (unpaired) electrons. The van der Waals surface area contributed by atoms with Crippen molar-refractivity contribution in [3.8, 4) is 11.5 Å². The highest BCUT2D eigenvalue weighted by molar-refractivity contribution is 5.88. The van der Waals surface area contributed by atoms with Crippen LogP contribution in [0.25, 0.3) is 0 Å². The van der Waals surface area contributed by atoms with E-state index in [2.05, 4.69) is 10.6 Å². The molecule has 0 fully saturated rings. The minimum absolute atomic E-state index is 0.0294. The molecule has 0 saturated heterocycles. The fraction of sp³-hybridized carbons (Fsp3) is 0.417. The van der Waals surface area contributed by atoms with Gasteiger partial charge in [-0.2, -0.15) is 0 Å². The fourth-order valence-electron chi connectivity index (χ4n) is 3.29. The maximum Gasteiger partial charge on any atom is 0.242 e. The highest BCUT2D eigenvalue weighted by atomic mass is 16.5. The second kappa shape index (κ2) is 12.0. The van der Waals surface area contributed by atoms with E-state index in [1.165, 1.54) is 7.11 Å². The number of amides is 2. The number of carbonyl (C=O) groups excluding carboxylic acids is 2. The van der Waals surface area contributed by atoms with Gasteiger partial charge in [0, 0.05) is 19.1 Å². The van der Waals surface area contributed by atoms with Gasteiger partial charge in [-0.1, -0.05) is 50.2 Å². The maximum atomic E-state index is 12.7. The van der Waals surface area contributed by atoms with Gasteiger partial charge >= 0.3 is 0 Å². The molecule has 0 unspecified atom stereocenters. The van der Waals surface area contributed by atoms with E-state index < -0.39 is 6.04 Å². The zero-order valence-corrected chi connectivity index (χ0v) is 18.3. The van der Waals surface area contributed by atoms with Crippen LogP contribution in [0.2, 0.25) is 0 Å². The molecule has 0 aromatic heterocycles. The van der Waals surface area contributed by atoms with Crippen molar-refractivity contribution in [2.45, 2.75) is 32.7 Å². The zero-order chi connectivity index (χ0) is 22.8. The summed E-state index contributed by atoms with van der Waals surface area (Å²) in [5.74, 6) is -0.416. The van der Waals surface area contributed by atoms with Crippen molar-refractivity contribution < 1.29 is 24.5 Å². The third kappa shape index (κ3) is 7.61. The second-order valence-electron chi connectivity index (χ2n) is 7.96. The second-order valence-corrected chi connectivity index (χ2v) is 7.96. The molecule has 0 saturated carbocycles. The van der Waals surface area contributed by atoms with E-state index >= 15 is 0 Å². The summed E-state index contributed by atoms with van der Waals surface area (Å²) in [6.07, 6.45) is 0.679. The number of carbonyl (C=O) groups is 2. The average molecular weight is 429 g/mol. The van der Waals surface area contributed by atoms with E-state index in [-0.39, 0.29) is 49.0 Å². The first-order chi connectivity index (χ1) is 14.8. The number of phenolic OH excluding ortho intramolecular Hbond substituents is 1. The van der Waals surface area contributed by atoms with Gasteiger partial charge in [0.15, 0.2) is 11.5 Å². The standard InChI is InChI=1S/C24H32N2O5/c1-16(2)23(26-22(29)13-17-7-5-4-6-8-17)24(30)25-14-19(15-27)11-18-9-10-21(31-3)20(28)12-18/h4-10,12,16,19,23,27-28H,11,13-15H2,1-3H3,(H,25,30)(H,26,29)/t19-,23+/m0/s1. The predicted molar refractivity (Wildman–Crippen MR) is 119 cm³/mol. The van der Waals surface area contributed by atoms with Gasteiger partial charge in [0.2, 0.25) is 11.8 Å². The molecule has 0 spiro atoms. The van der Waals surface area contributed by atoms with Crippen LogP contribution in [0, 0.1) is 11.8 Å². The molecule has 2 rings (SSSR count). The van der Waals surface area contributed by atoms with Crippen LogP contribution in [0.5, 0.6) is 11.5 Å². The minimum atomic E-state index is -0.666. The maximum absolute atomic E-state index is 12.7. The Balaban J connectivity index is 1.91. The van der Waals surface area contributed by atoms with Crippen molar-refractivity contribution in [1.29, 1.82) is 0 Å². The number of aromatic hydroxyl groups is 1. The fourth-order valence-corrected chi connectivity index (χ4v) is 3.29. The lowest BCUT2D eigenvalue weighted by molar-refractivity contribution is -0.129. The number of aliphatic hydroxyl groups excluding tert-OH is 1. The molecule has 0 aliphatic heterocycles. The smallest absolute Gasteiger partial charge is 0.242 e. The highest BCUT2D eigenvalue weighted by Gasteiger charge is 2.24. The molecule has 2 amide bonds. The molecule has 0 aliphatic rings. The van der Waals surface area contributed by atoms with Crippen LogP contribution in [0.3, 0.4) is 0 Å². The first-order valence-corrected chi connectivity index (χ1v) is 10.4. The van der Waals surface area contributed by atoms with Gasteiger partial charge in [0.05, 0.1) is 13.5 Å². The van der Waals surface area contributed by atoms with Crippen molar-refractivity contribution in [3.63, 3.8) is 0 Å². The Morgan fingerprint density at radius 3 is 2.35 bits per heavy atom. The Morgan fingerprint density at radius 1 is 1.06 bits per heavy atom. The third-order valence-electron chi connectivity index (χ3n) is 5.06. The first-order valence-electron chi connectivity index (χ1n) is 10.4. The highest BCUT2D eigenvalue weighted by Crippen LogP contribution is 2.27.